The van der Waals surface area contributed by atoms with Crippen LogP contribution in [0.3, 0.4) is 0 Å². The highest BCUT2D eigenvalue weighted by atomic mass is 79.9. The lowest BCUT2D eigenvalue weighted by atomic mass is 10.2. The summed E-state index contributed by atoms with van der Waals surface area (Å²) in [5, 5.41) is 3.95. The van der Waals surface area contributed by atoms with Crippen LogP contribution in [0.4, 0.5) is 0 Å². The maximum Gasteiger partial charge on any atom is 0.236 e. The summed E-state index contributed by atoms with van der Waals surface area (Å²) in [6, 6.07) is 8.11. The van der Waals surface area contributed by atoms with Crippen molar-refractivity contribution in [2.45, 2.75) is 20.8 Å². The number of amides is 1. The molecule has 0 saturated heterocycles. The minimum Gasteiger partial charge on any atom is -0.317 e. The van der Waals surface area contributed by atoms with E-state index in [4.69, 9.17) is 0 Å². The predicted octanol–water partition coefficient (Wildman–Crippen LogP) is 4.09. The van der Waals surface area contributed by atoms with E-state index in [1.807, 2.05) is 38.1 Å². The number of halogens is 2. The molecule has 6 heteroatoms. The molecule has 1 aromatic carbocycles. The zero-order valence-corrected chi connectivity index (χ0v) is 15.1. The highest BCUT2D eigenvalue weighted by molar-refractivity contribution is 9.10. The molecule has 0 spiro atoms. The molecule has 0 saturated carbocycles. The van der Waals surface area contributed by atoms with E-state index >= 15 is 0 Å². The number of nitrogens with zero attached hydrogens (tertiary/aromatic N) is 2. The molecule has 1 amide bonds. The van der Waals surface area contributed by atoms with Gasteiger partial charge in [0.2, 0.25) is 5.91 Å². The van der Waals surface area contributed by atoms with E-state index in [1.165, 1.54) is 6.92 Å². The van der Waals surface area contributed by atoms with Crippen molar-refractivity contribution >= 4 is 44.0 Å². The molecule has 0 aliphatic heterocycles. The Morgan fingerprint density at radius 3 is 2.38 bits per heavy atom. The van der Waals surface area contributed by atoms with E-state index in [0.29, 0.717) is 0 Å². The molecule has 1 heterocycles. The van der Waals surface area contributed by atoms with Crippen molar-refractivity contribution in [2.24, 2.45) is 5.10 Å². The first-order chi connectivity index (χ1) is 9.91. The second kappa shape index (κ2) is 6.58. The minimum absolute atomic E-state index is 0.191. The monoisotopic (exact) mass is 411 g/mol. The fourth-order valence-electron chi connectivity index (χ4n) is 2.14. The molecule has 110 valence electrons. The number of rotatable bonds is 3. The fourth-order valence-corrected chi connectivity index (χ4v) is 2.97. The van der Waals surface area contributed by atoms with Gasteiger partial charge in [0, 0.05) is 38.5 Å². The zero-order chi connectivity index (χ0) is 15.6. The van der Waals surface area contributed by atoms with Crippen LogP contribution in [0.15, 0.2) is 38.3 Å². The SMILES string of the molecule is CC(=O)N/N=C\c1c(Br)c(C)n(-c2ccc(Br)cc2)c1C. The van der Waals surface area contributed by atoms with Crippen LogP contribution in [0.5, 0.6) is 0 Å². The summed E-state index contributed by atoms with van der Waals surface area (Å²) in [6.45, 7) is 5.49. The van der Waals surface area contributed by atoms with E-state index in [1.54, 1.807) is 6.21 Å². The van der Waals surface area contributed by atoms with Gasteiger partial charge in [0.15, 0.2) is 0 Å². The minimum atomic E-state index is -0.191. The van der Waals surface area contributed by atoms with Crippen molar-refractivity contribution in [1.82, 2.24) is 9.99 Å². The summed E-state index contributed by atoms with van der Waals surface area (Å²) in [5.41, 5.74) is 6.58. The first kappa shape index (κ1) is 16.0. The van der Waals surface area contributed by atoms with Crippen LogP contribution in [0.1, 0.15) is 23.9 Å². The average Bonchev–Trinajstić information content (AvgIpc) is 2.64. The van der Waals surface area contributed by atoms with Gasteiger partial charge in [0.05, 0.1) is 6.21 Å². The number of hydrogen-bond donors (Lipinski definition) is 1. The van der Waals surface area contributed by atoms with Crippen molar-refractivity contribution in [2.75, 3.05) is 0 Å². The van der Waals surface area contributed by atoms with Gasteiger partial charge in [-0.3, -0.25) is 4.79 Å². The second-order valence-corrected chi connectivity index (χ2v) is 6.35. The van der Waals surface area contributed by atoms with Gasteiger partial charge in [0.25, 0.3) is 0 Å². The Hall–Kier alpha value is -1.40. The lowest BCUT2D eigenvalue weighted by molar-refractivity contribution is -0.118. The molecule has 0 bridgehead atoms. The van der Waals surface area contributed by atoms with Crippen LogP contribution in [-0.4, -0.2) is 16.7 Å². The molecule has 1 N–H and O–H groups in total. The molecule has 1 aromatic heterocycles. The number of nitrogens with one attached hydrogen (secondary N) is 1. The van der Waals surface area contributed by atoms with Crippen molar-refractivity contribution in [3.63, 3.8) is 0 Å². The zero-order valence-electron chi connectivity index (χ0n) is 11.9. The molecule has 0 radical (unpaired) electrons. The number of hydrazone groups is 1. The maximum atomic E-state index is 10.9. The summed E-state index contributed by atoms with van der Waals surface area (Å²) >= 11 is 7.04. The molecule has 0 aliphatic rings. The van der Waals surface area contributed by atoms with Gasteiger partial charge in [-0.05, 0) is 54.0 Å². The van der Waals surface area contributed by atoms with Gasteiger partial charge in [-0.2, -0.15) is 5.10 Å². The smallest absolute Gasteiger partial charge is 0.236 e. The second-order valence-electron chi connectivity index (χ2n) is 4.64. The standard InChI is InChI=1S/C15H15Br2N3O/c1-9-14(8-18-19-11(3)21)15(17)10(2)20(9)13-6-4-12(16)5-7-13/h4-8H,1-3H3,(H,19,21)/b18-8-. The predicted molar refractivity (Wildman–Crippen MR) is 92.1 cm³/mol. The molecular formula is C15H15Br2N3O. The van der Waals surface area contributed by atoms with Gasteiger partial charge >= 0.3 is 0 Å². The Kier molecular flexibility index (Phi) is 5.00. The lowest BCUT2D eigenvalue weighted by Gasteiger charge is -2.09. The maximum absolute atomic E-state index is 10.9. The van der Waals surface area contributed by atoms with Gasteiger partial charge in [-0.15, -0.1) is 0 Å². The molecule has 0 fully saturated rings. The Balaban J connectivity index is 2.47. The number of hydrogen-bond acceptors (Lipinski definition) is 2. The van der Waals surface area contributed by atoms with Crippen LogP contribution in [0.25, 0.3) is 5.69 Å². The quantitative estimate of drug-likeness (QED) is 0.598. The highest BCUT2D eigenvalue weighted by Gasteiger charge is 2.15. The summed E-state index contributed by atoms with van der Waals surface area (Å²) in [6.07, 6.45) is 1.66. The average molecular weight is 413 g/mol. The van der Waals surface area contributed by atoms with E-state index < -0.39 is 0 Å². The molecule has 0 unspecified atom stereocenters. The van der Waals surface area contributed by atoms with Gasteiger partial charge < -0.3 is 4.57 Å². The summed E-state index contributed by atoms with van der Waals surface area (Å²) < 4.78 is 4.16. The third-order valence-electron chi connectivity index (χ3n) is 3.12. The first-order valence-electron chi connectivity index (χ1n) is 6.34. The molecule has 0 atom stereocenters. The largest absolute Gasteiger partial charge is 0.317 e. The molecule has 4 nitrogen and oxygen atoms in total. The van der Waals surface area contributed by atoms with E-state index in [9.17, 15) is 4.79 Å². The van der Waals surface area contributed by atoms with Crippen molar-refractivity contribution < 1.29 is 4.79 Å². The summed E-state index contributed by atoms with van der Waals surface area (Å²) in [5.74, 6) is -0.191. The van der Waals surface area contributed by atoms with E-state index in [2.05, 4.69) is 47.0 Å². The normalized spacial score (nSPS) is 11.1. The fraction of sp³-hybridized carbons (Fsp3) is 0.200. The van der Waals surface area contributed by atoms with E-state index in [0.717, 1.165) is 31.6 Å². The Labute approximate surface area is 140 Å². The molecule has 0 aliphatic carbocycles. The third-order valence-corrected chi connectivity index (χ3v) is 4.64. The number of carbonyl (C=O) groups is 1. The van der Waals surface area contributed by atoms with Gasteiger partial charge in [-0.1, -0.05) is 15.9 Å². The van der Waals surface area contributed by atoms with Gasteiger partial charge in [-0.25, -0.2) is 5.43 Å². The molecule has 21 heavy (non-hydrogen) atoms. The van der Waals surface area contributed by atoms with Crippen LogP contribution in [0.2, 0.25) is 0 Å². The van der Waals surface area contributed by atoms with Crippen LogP contribution in [0, 0.1) is 13.8 Å². The van der Waals surface area contributed by atoms with Crippen molar-refractivity contribution in [1.29, 1.82) is 0 Å². The van der Waals surface area contributed by atoms with Crippen molar-refractivity contribution in [3.8, 4) is 5.69 Å². The van der Waals surface area contributed by atoms with Crippen LogP contribution >= 0.6 is 31.9 Å². The number of benzene rings is 1. The Bertz CT molecular complexity index is 703. The summed E-state index contributed by atoms with van der Waals surface area (Å²) in [7, 11) is 0. The number of aromatic nitrogens is 1. The highest BCUT2D eigenvalue weighted by Crippen LogP contribution is 2.29. The lowest BCUT2D eigenvalue weighted by Crippen LogP contribution is -2.12. The molecular weight excluding hydrogens is 398 g/mol. The summed E-state index contributed by atoms with van der Waals surface area (Å²) in [4.78, 5) is 10.9. The molecule has 2 rings (SSSR count). The Morgan fingerprint density at radius 2 is 1.81 bits per heavy atom. The third kappa shape index (κ3) is 3.44. The van der Waals surface area contributed by atoms with Crippen LogP contribution in [-0.2, 0) is 4.79 Å². The first-order valence-corrected chi connectivity index (χ1v) is 7.93. The Morgan fingerprint density at radius 1 is 1.19 bits per heavy atom. The van der Waals surface area contributed by atoms with Crippen LogP contribution < -0.4 is 5.43 Å². The number of carbonyl (C=O) groups excluding carboxylic acids is 1. The molecule has 2 aromatic rings. The van der Waals surface area contributed by atoms with Crippen molar-refractivity contribution in [3.05, 3.63) is 50.2 Å². The van der Waals surface area contributed by atoms with E-state index in [-0.39, 0.29) is 5.91 Å². The topological polar surface area (TPSA) is 46.4 Å². The van der Waals surface area contributed by atoms with Gasteiger partial charge in [0.1, 0.15) is 0 Å².